The van der Waals surface area contributed by atoms with Gasteiger partial charge in [0.1, 0.15) is 11.9 Å². The zero-order valence-corrected chi connectivity index (χ0v) is 11.7. The fourth-order valence-electron chi connectivity index (χ4n) is 2.07. The summed E-state index contributed by atoms with van der Waals surface area (Å²) in [4.78, 5) is 26.1. The van der Waals surface area contributed by atoms with E-state index < -0.39 is 11.9 Å². The van der Waals surface area contributed by atoms with Gasteiger partial charge in [-0.25, -0.2) is 4.39 Å². The van der Waals surface area contributed by atoms with Crippen molar-refractivity contribution in [1.29, 1.82) is 0 Å². The third kappa shape index (κ3) is 3.15. The van der Waals surface area contributed by atoms with Gasteiger partial charge in [0, 0.05) is 18.7 Å². The first-order valence-corrected chi connectivity index (χ1v) is 6.84. The van der Waals surface area contributed by atoms with E-state index >= 15 is 0 Å². The molecule has 4 nitrogen and oxygen atoms in total. The third-order valence-corrected chi connectivity index (χ3v) is 3.49. The number of likely N-dealkylation sites (tertiary alicyclic amines) is 1. The molecule has 2 amide bonds. The van der Waals surface area contributed by atoms with Gasteiger partial charge < -0.3 is 10.2 Å². The minimum Gasteiger partial charge on any atom is -0.341 e. The lowest BCUT2D eigenvalue weighted by Gasteiger charge is -2.35. The second-order valence-electron chi connectivity index (χ2n) is 5.38. The van der Waals surface area contributed by atoms with Gasteiger partial charge in [-0.15, -0.1) is 0 Å². The van der Waals surface area contributed by atoms with Crippen LogP contribution in [-0.2, 0) is 4.79 Å². The summed E-state index contributed by atoms with van der Waals surface area (Å²) in [7, 11) is 0. The summed E-state index contributed by atoms with van der Waals surface area (Å²) in [6, 6.07) is 4.76. The lowest BCUT2D eigenvalue weighted by molar-refractivity contribution is -0.137. The number of amides is 2. The third-order valence-electron chi connectivity index (χ3n) is 3.49. The van der Waals surface area contributed by atoms with Crippen molar-refractivity contribution in [3.8, 4) is 0 Å². The van der Waals surface area contributed by atoms with E-state index in [0.29, 0.717) is 5.56 Å². The molecule has 0 saturated carbocycles. The molecule has 1 aliphatic rings. The van der Waals surface area contributed by atoms with Gasteiger partial charge in [0.05, 0.1) is 0 Å². The molecule has 1 fully saturated rings. The quantitative estimate of drug-likeness (QED) is 0.913. The van der Waals surface area contributed by atoms with Crippen molar-refractivity contribution in [3.63, 3.8) is 0 Å². The zero-order valence-electron chi connectivity index (χ0n) is 11.7. The summed E-state index contributed by atoms with van der Waals surface area (Å²) in [5.74, 6) is -0.773. The average molecular weight is 278 g/mol. The van der Waals surface area contributed by atoms with E-state index in [2.05, 4.69) is 5.32 Å². The molecule has 5 heteroatoms. The molecular formula is C15H19FN2O2. The predicted octanol–water partition coefficient (Wildman–Crippen LogP) is 1.81. The van der Waals surface area contributed by atoms with Gasteiger partial charge in [0.2, 0.25) is 5.91 Å². The molecule has 0 radical (unpaired) electrons. The van der Waals surface area contributed by atoms with Gasteiger partial charge in [-0.1, -0.05) is 13.8 Å². The Kier molecular flexibility index (Phi) is 4.37. The molecule has 1 atom stereocenters. The minimum absolute atomic E-state index is 0.00694. The number of carbonyl (C=O) groups is 2. The Morgan fingerprint density at radius 3 is 2.25 bits per heavy atom. The van der Waals surface area contributed by atoms with Crippen LogP contribution in [0.15, 0.2) is 24.3 Å². The molecule has 0 spiro atoms. The molecular weight excluding hydrogens is 259 g/mol. The molecule has 20 heavy (non-hydrogen) atoms. The number of nitrogens with zero attached hydrogens (tertiary/aromatic N) is 1. The number of rotatable bonds is 4. The van der Waals surface area contributed by atoms with Crippen LogP contribution in [0.1, 0.15) is 30.6 Å². The van der Waals surface area contributed by atoms with Crippen LogP contribution in [0.3, 0.4) is 0 Å². The molecule has 1 heterocycles. The van der Waals surface area contributed by atoms with Crippen molar-refractivity contribution >= 4 is 11.8 Å². The van der Waals surface area contributed by atoms with Crippen LogP contribution in [0, 0.1) is 11.7 Å². The molecule has 0 aliphatic carbocycles. The van der Waals surface area contributed by atoms with Crippen molar-refractivity contribution < 1.29 is 14.0 Å². The maximum atomic E-state index is 12.8. The highest BCUT2D eigenvalue weighted by molar-refractivity contribution is 5.97. The van der Waals surface area contributed by atoms with E-state index in [1.165, 1.54) is 24.3 Å². The van der Waals surface area contributed by atoms with Crippen molar-refractivity contribution in [1.82, 2.24) is 10.2 Å². The molecule has 1 aromatic carbocycles. The van der Waals surface area contributed by atoms with Gasteiger partial charge in [-0.3, -0.25) is 9.59 Å². The lowest BCUT2D eigenvalue weighted by Crippen LogP contribution is -2.55. The predicted molar refractivity (Wildman–Crippen MR) is 73.7 cm³/mol. The van der Waals surface area contributed by atoms with Crippen molar-refractivity contribution in [2.75, 3.05) is 13.1 Å². The van der Waals surface area contributed by atoms with Gasteiger partial charge in [0.15, 0.2) is 0 Å². The van der Waals surface area contributed by atoms with E-state index in [1.54, 1.807) is 4.90 Å². The minimum atomic E-state index is -0.534. The molecule has 1 aliphatic heterocycles. The number of nitrogens with one attached hydrogen (secondary N) is 1. The van der Waals surface area contributed by atoms with E-state index in [9.17, 15) is 14.0 Å². The number of benzene rings is 1. The summed E-state index contributed by atoms with van der Waals surface area (Å²) < 4.78 is 12.8. The van der Waals surface area contributed by atoms with Crippen LogP contribution in [0.25, 0.3) is 0 Å². The van der Waals surface area contributed by atoms with Crippen LogP contribution in [0.2, 0.25) is 0 Å². The summed E-state index contributed by atoms with van der Waals surface area (Å²) in [6.07, 6.45) is 1.02. The van der Waals surface area contributed by atoms with Gasteiger partial charge in [0.25, 0.3) is 5.91 Å². The first kappa shape index (κ1) is 14.5. The highest BCUT2D eigenvalue weighted by Crippen LogP contribution is 2.13. The lowest BCUT2D eigenvalue weighted by atomic mass is 10.0. The average Bonchev–Trinajstić information content (AvgIpc) is 2.33. The Morgan fingerprint density at radius 1 is 1.20 bits per heavy atom. The van der Waals surface area contributed by atoms with Crippen LogP contribution >= 0.6 is 0 Å². The number of hydrogen-bond acceptors (Lipinski definition) is 2. The molecule has 0 unspecified atom stereocenters. The number of carbonyl (C=O) groups excluding carboxylic acids is 2. The fraction of sp³-hybridized carbons (Fsp3) is 0.467. The highest BCUT2D eigenvalue weighted by Gasteiger charge is 2.31. The Hall–Kier alpha value is -1.91. The van der Waals surface area contributed by atoms with Crippen molar-refractivity contribution in [3.05, 3.63) is 35.6 Å². The Bertz CT molecular complexity index is 495. The molecule has 0 bridgehead atoms. The smallest absolute Gasteiger partial charge is 0.251 e. The molecule has 0 aromatic heterocycles. The first-order chi connectivity index (χ1) is 9.49. The largest absolute Gasteiger partial charge is 0.341 e. The van der Waals surface area contributed by atoms with E-state index in [1.807, 2.05) is 13.8 Å². The highest BCUT2D eigenvalue weighted by atomic mass is 19.1. The molecule has 108 valence electrons. The van der Waals surface area contributed by atoms with Crippen LogP contribution in [0.5, 0.6) is 0 Å². The SMILES string of the molecule is CC(C)[C@@H](NC(=O)c1ccc(F)cc1)C(=O)N1CCC1. The summed E-state index contributed by atoms with van der Waals surface area (Å²) in [5, 5.41) is 2.75. The van der Waals surface area contributed by atoms with Gasteiger partial charge in [-0.05, 0) is 36.6 Å². The normalized spacial score (nSPS) is 15.7. The van der Waals surface area contributed by atoms with Crippen LogP contribution in [-0.4, -0.2) is 35.8 Å². The molecule has 1 N–H and O–H groups in total. The van der Waals surface area contributed by atoms with Crippen molar-refractivity contribution in [2.24, 2.45) is 5.92 Å². The number of halogens is 1. The molecule has 2 rings (SSSR count). The second kappa shape index (κ2) is 6.03. The Morgan fingerprint density at radius 2 is 1.80 bits per heavy atom. The summed E-state index contributed by atoms with van der Waals surface area (Å²) in [5.41, 5.74) is 0.355. The standard InChI is InChI=1S/C15H19FN2O2/c1-10(2)13(15(20)18-8-3-9-18)17-14(19)11-4-6-12(16)7-5-11/h4-7,10,13H,3,8-9H2,1-2H3,(H,17,19)/t13-/m1/s1. The summed E-state index contributed by atoms with van der Waals surface area (Å²) in [6.45, 7) is 5.31. The molecule has 1 saturated heterocycles. The zero-order chi connectivity index (χ0) is 14.7. The maximum Gasteiger partial charge on any atom is 0.251 e. The molecule has 1 aromatic rings. The van der Waals surface area contributed by atoms with Crippen LogP contribution < -0.4 is 5.32 Å². The Balaban J connectivity index is 2.05. The van der Waals surface area contributed by atoms with E-state index in [4.69, 9.17) is 0 Å². The topological polar surface area (TPSA) is 49.4 Å². The van der Waals surface area contributed by atoms with E-state index in [0.717, 1.165) is 19.5 Å². The van der Waals surface area contributed by atoms with Crippen LogP contribution in [0.4, 0.5) is 4.39 Å². The van der Waals surface area contributed by atoms with Crippen molar-refractivity contribution in [2.45, 2.75) is 26.3 Å². The second-order valence-corrected chi connectivity index (χ2v) is 5.38. The number of hydrogen-bond donors (Lipinski definition) is 1. The fourth-order valence-corrected chi connectivity index (χ4v) is 2.07. The Labute approximate surface area is 118 Å². The first-order valence-electron chi connectivity index (χ1n) is 6.84. The maximum absolute atomic E-state index is 12.8. The van der Waals surface area contributed by atoms with Gasteiger partial charge >= 0.3 is 0 Å². The van der Waals surface area contributed by atoms with Gasteiger partial charge in [-0.2, -0.15) is 0 Å². The monoisotopic (exact) mass is 278 g/mol. The van der Waals surface area contributed by atoms with E-state index in [-0.39, 0.29) is 17.7 Å². The summed E-state index contributed by atoms with van der Waals surface area (Å²) >= 11 is 0.